The van der Waals surface area contributed by atoms with Gasteiger partial charge < -0.3 is 5.11 Å². The van der Waals surface area contributed by atoms with E-state index in [1.165, 1.54) is 11.0 Å². The fourth-order valence-electron chi connectivity index (χ4n) is 1.51. The highest BCUT2D eigenvalue weighted by Gasteiger charge is 2.12. The van der Waals surface area contributed by atoms with Crippen LogP contribution in [0.5, 0.6) is 0 Å². The highest BCUT2D eigenvalue weighted by atomic mass is 16.4. The molecule has 0 radical (unpaired) electrons. The molecule has 2 aromatic rings. The van der Waals surface area contributed by atoms with Crippen LogP contribution >= 0.6 is 0 Å². The van der Waals surface area contributed by atoms with E-state index in [-0.39, 0.29) is 0 Å². The Morgan fingerprint density at radius 1 is 1.59 bits per heavy atom. The van der Waals surface area contributed by atoms with E-state index in [9.17, 15) is 4.79 Å². The van der Waals surface area contributed by atoms with Crippen molar-refractivity contribution in [3.8, 4) is 11.3 Å². The Kier molecular flexibility index (Phi) is 3.04. The average molecular weight is 232 g/mol. The minimum absolute atomic E-state index is 0.359. The van der Waals surface area contributed by atoms with Crippen LogP contribution in [0.15, 0.2) is 37.1 Å². The van der Waals surface area contributed by atoms with Crippen molar-refractivity contribution in [3.05, 3.63) is 37.1 Å². The van der Waals surface area contributed by atoms with Crippen LogP contribution in [0.25, 0.3) is 11.3 Å². The number of aromatic nitrogens is 3. The Labute approximate surface area is 98.1 Å². The standard InChI is InChI=1S/C11H12N4O2/c1-2-15(11(16)17)14-7-10(13-8-14)9-4-3-5-12-6-9/h3-8H,2H2,1H3,(H,16,17). The van der Waals surface area contributed by atoms with Gasteiger partial charge in [-0.3, -0.25) is 4.98 Å². The zero-order valence-corrected chi connectivity index (χ0v) is 9.32. The molecule has 6 nitrogen and oxygen atoms in total. The van der Waals surface area contributed by atoms with E-state index >= 15 is 0 Å². The lowest BCUT2D eigenvalue weighted by Crippen LogP contribution is -2.38. The molecule has 0 aliphatic rings. The quantitative estimate of drug-likeness (QED) is 0.872. The minimum atomic E-state index is -1.01. The van der Waals surface area contributed by atoms with Crippen molar-refractivity contribution in [3.63, 3.8) is 0 Å². The molecule has 0 saturated heterocycles. The SMILES string of the molecule is CCN(C(=O)O)n1cnc(-c2cccnc2)c1. The summed E-state index contributed by atoms with van der Waals surface area (Å²) in [5, 5.41) is 10.1. The van der Waals surface area contributed by atoms with Gasteiger partial charge in [-0.05, 0) is 19.1 Å². The second-order valence-electron chi connectivity index (χ2n) is 3.38. The largest absolute Gasteiger partial charge is 0.464 e. The van der Waals surface area contributed by atoms with Crippen LogP contribution in [0, 0.1) is 0 Å². The van der Waals surface area contributed by atoms with Crippen molar-refractivity contribution in [1.82, 2.24) is 14.6 Å². The van der Waals surface area contributed by atoms with E-state index in [2.05, 4.69) is 9.97 Å². The van der Waals surface area contributed by atoms with E-state index in [4.69, 9.17) is 5.11 Å². The fourth-order valence-corrected chi connectivity index (χ4v) is 1.51. The summed E-state index contributed by atoms with van der Waals surface area (Å²) in [6, 6.07) is 3.68. The number of hydrogen-bond donors (Lipinski definition) is 1. The van der Waals surface area contributed by atoms with Crippen molar-refractivity contribution in [2.45, 2.75) is 6.92 Å². The van der Waals surface area contributed by atoms with Gasteiger partial charge in [-0.15, -0.1) is 0 Å². The number of carbonyl (C=O) groups is 1. The van der Waals surface area contributed by atoms with Crippen molar-refractivity contribution in [2.24, 2.45) is 0 Å². The van der Waals surface area contributed by atoms with Gasteiger partial charge >= 0.3 is 6.09 Å². The molecule has 0 unspecified atom stereocenters. The number of rotatable bonds is 3. The van der Waals surface area contributed by atoms with Crippen LogP contribution in [-0.4, -0.2) is 32.4 Å². The van der Waals surface area contributed by atoms with Gasteiger partial charge in [0, 0.05) is 24.5 Å². The molecule has 0 atom stereocenters. The molecule has 2 heterocycles. The highest BCUT2D eigenvalue weighted by molar-refractivity contribution is 5.76. The topological polar surface area (TPSA) is 71.2 Å². The van der Waals surface area contributed by atoms with Crippen molar-refractivity contribution in [2.75, 3.05) is 11.6 Å². The Hall–Kier alpha value is -2.37. The van der Waals surface area contributed by atoms with Crippen LogP contribution in [0.4, 0.5) is 4.79 Å². The predicted octanol–water partition coefficient (Wildman–Crippen LogP) is 1.58. The average Bonchev–Trinajstić information content (AvgIpc) is 2.80. The Bertz CT molecular complexity index is 509. The lowest BCUT2D eigenvalue weighted by Gasteiger charge is -2.16. The van der Waals surface area contributed by atoms with Gasteiger partial charge in [-0.25, -0.2) is 19.5 Å². The van der Waals surface area contributed by atoms with Crippen molar-refractivity contribution in [1.29, 1.82) is 0 Å². The highest BCUT2D eigenvalue weighted by Crippen LogP contribution is 2.14. The van der Waals surface area contributed by atoms with E-state index < -0.39 is 6.09 Å². The van der Waals surface area contributed by atoms with E-state index in [0.717, 1.165) is 10.6 Å². The maximum Gasteiger partial charge on any atom is 0.426 e. The summed E-state index contributed by atoms with van der Waals surface area (Å²) in [6.45, 7) is 2.12. The van der Waals surface area contributed by atoms with Crippen LogP contribution in [0.2, 0.25) is 0 Å². The summed E-state index contributed by atoms with van der Waals surface area (Å²) < 4.78 is 1.45. The lowest BCUT2D eigenvalue weighted by molar-refractivity contribution is 0.195. The molecule has 6 heteroatoms. The molecule has 0 bridgehead atoms. The number of nitrogens with zero attached hydrogens (tertiary/aromatic N) is 4. The Morgan fingerprint density at radius 2 is 2.41 bits per heavy atom. The van der Waals surface area contributed by atoms with Gasteiger partial charge in [0.15, 0.2) is 0 Å². The Balaban J connectivity index is 2.30. The molecule has 88 valence electrons. The molecule has 0 aliphatic carbocycles. The number of hydrogen-bond acceptors (Lipinski definition) is 3. The first-order valence-electron chi connectivity index (χ1n) is 5.17. The lowest BCUT2D eigenvalue weighted by atomic mass is 10.2. The zero-order valence-electron chi connectivity index (χ0n) is 9.32. The molecular formula is C11H12N4O2. The first-order valence-corrected chi connectivity index (χ1v) is 5.17. The van der Waals surface area contributed by atoms with E-state index in [0.29, 0.717) is 12.2 Å². The summed E-state index contributed by atoms with van der Waals surface area (Å²) in [6.07, 6.45) is 5.48. The maximum atomic E-state index is 10.9. The first kappa shape index (κ1) is 11.1. The van der Waals surface area contributed by atoms with Crippen molar-refractivity contribution < 1.29 is 9.90 Å². The van der Waals surface area contributed by atoms with Crippen LogP contribution in [0.3, 0.4) is 0 Å². The van der Waals surface area contributed by atoms with Gasteiger partial charge in [0.05, 0.1) is 11.9 Å². The summed E-state index contributed by atoms with van der Waals surface area (Å²) in [7, 11) is 0. The fraction of sp³-hybridized carbons (Fsp3) is 0.182. The molecule has 0 saturated carbocycles. The number of pyridine rings is 1. The molecule has 1 N–H and O–H groups in total. The summed E-state index contributed by atoms with van der Waals surface area (Å²) in [5.41, 5.74) is 1.55. The third-order valence-electron chi connectivity index (χ3n) is 2.33. The molecule has 1 amide bonds. The molecule has 0 spiro atoms. The molecule has 17 heavy (non-hydrogen) atoms. The molecule has 2 rings (SSSR count). The monoisotopic (exact) mass is 232 g/mol. The third-order valence-corrected chi connectivity index (χ3v) is 2.33. The third kappa shape index (κ3) is 2.25. The molecule has 0 fully saturated rings. The van der Waals surface area contributed by atoms with Crippen LogP contribution in [-0.2, 0) is 0 Å². The minimum Gasteiger partial charge on any atom is -0.464 e. The molecule has 0 aromatic carbocycles. The van der Waals surface area contributed by atoms with Gasteiger partial charge in [0.25, 0.3) is 0 Å². The number of amides is 1. The molecular weight excluding hydrogens is 220 g/mol. The van der Waals surface area contributed by atoms with E-state index in [1.807, 2.05) is 12.1 Å². The maximum absolute atomic E-state index is 10.9. The summed E-state index contributed by atoms with van der Waals surface area (Å²) >= 11 is 0. The normalized spacial score (nSPS) is 10.2. The molecule has 0 aliphatic heterocycles. The second-order valence-corrected chi connectivity index (χ2v) is 3.38. The molecule has 2 aromatic heterocycles. The second kappa shape index (κ2) is 4.65. The van der Waals surface area contributed by atoms with E-state index in [1.54, 1.807) is 25.5 Å². The summed E-state index contributed by atoms with van der Waals surface area (Å²) in [5.74, 6) is 0. The summed E-state index contributed by atoms with van der Waals surface area (Å²) in [4.78, 5) is 19.1. The number of carboxylic acid groups (broad SMARTS) is 1. The predicted molar refractivity (Wildman–Crippen MR) is 62.2 cm³/mol. The number of imidazole rings is 1. The zero-order chi connectivity index (χ0) is 12.3. The van der Waals surface area contributed by atoms with Gasteiger partial charge in [0.2, 0.25) is 0 Å². The first-order chi connectivity index (χ1) is 8.22. The van der Waals surface area contributed by atoms with Crippen LogP contribution in [0.1, 0.15) is 6.92 Å². The van der Waals surface area contributed by atoms with Crippen LogP contribution < -0.4 is 5.01 Å². The van der Waals surface area contributed by atoms with Gasteiger partial charge in [-0.1, -0.05) is 0 Å². The van der Waals surface area contributed by atoms with Crippen molar-refractivity contribution >= 4 is 6.09 Å². The van der Waals surface area contributed by atoms with Gasteiger partial charge in [0.1, 0.15) is 6.33 Å². The smallest absolute Gasteiger partial charge is 0.426 e. The Morgan fingerprint density at radius 3 is 3.00 bits per heavy atom. The van der Waals surface area contributed by atoms with Gasteiger partial charge in [-0.2, -0.15) is 0 Å².